The van der Waals surface area contributed by atoms with Crippen LogP contribution in [-0.4, -0.2) is 12.9 Å². The number of methoxy groups -OCH3 is 1. The average Bonchev–Trinajstić information content (AvgIpc) is 2.55. The van der Waals surface area contributed by atoms with E-state index in [0.29, 0.717) is 6.42 Å². The number of rotatable bonds is 3. The zero-order valence-corrected chi connectivity index (χ0v) is 12.1. The summed E-state index contributed by atoms with van der Waals surface area (Å²) >= 11 is 0. The lowest BCUT2D eigenvalue weighted by atomic mass is 9.81. The minimum absolute atomic E-state index is 0.209. The van der Waals surface area contributed by atoms with E-state index in [1.54, 1.807) is 13.2 Å². The van der Waals surface area contributed by atoms with Gasteiger partial charge in [-0.15, -0.1) is 0 Å². The van der Waals surface area contributed by atoms with Gasteiger partial charge in [-0.3, -0.25) is 4.79 Å². The average molecular weight is 278 g/mol. The van der Waals surface area contributed by atoms with Gasteiger partial charge in [0.15, 0.2) is 5.78 Å². The van der Waals surface area contributed by atoms with Crippen molar-refractivity contribution in [1.29, 1.82) is 0 Å². The summed E-state index contributed by atoms with van der Waals surface area (Å²) in [5, 5.41) is 0. The molecule has 1 atom stereocenters. The third kappa shape index (κ3) is 3.05. The third-order valence-corrected chi connectivity index (χ3v) is 3.98. The van der Waals surface area contributed by atoms with Crippen LogP contribution in [0.15, 0.2) is 60.7 Å². The Morgan fingerprint density at radius 1 is 0.952 bits per heavy atom. The molecule has 0 amide bonds. The molecule has 2 heteroatoms. The van der Waals surface area contributed by atoms with Crippen LogP contribution in [0.1, 0.15) is 29.9 Å². The summed E-state index contributed by atoms with van der Waals surface area (Å²) in [6, 6.07) is 18.2. The Hall–Kier alpha value is -2.35. The highest BCUT2D eigenvalue weighted by molar-refractivity contribution is 5.99. The van der Waals surface area contributed by atoms with Crippen molar-refractivity contribution in [2.75, 3.05) is 7.11 Å². The Kier molecular flexibility index (Phi) is 3.87. The molecular formula is C19H18O2. The van der Waals surface area contributed by atoms with Gasteiger partial charge in [0.25, 0.3) is 0 Å². The lowest BCUT2D eigenvalue weighted by molar-refractivity contribution is -0.115. The van der Waals surface area contributed by atoms with Gasteiger partial charge < -0.3 is 4.74 Å². The Morgan fingerprint density at radius 3 is 2.33 bits per heavy atom. The first-order chi connectivity index (χ1) is 10.3. The Bertz CT molecular complexity index is 654. The van der Waals surface area contributed by atoms with Crippen molar-refractivity contribution in [3.63, 3.8) is 0 Å². The molecule has 0 heterocycles. The maximum Gasteiger partial charge on any atom is 0.156 e. The third-order valence-electron chi connectivity index (χ3n) is 3.98. The quantitative estimate of drug-likeness (QED) is 0.840. The molecule has 0 fully saturated rings. The largest absolute Gasteiger partial charge is 0.497 e. The lowest BCUT2D eigenvalue weighted by Gasteiger charge is -2.22. The van der Waals surface area contributed by atoms with Crippen LogP contribution in [0.3, 0.4) is 0 Å². The standard InChI is InChI=1S/C19H18O2/c1-21-19-9-7-15(8-10-19)17-11-16(12-18(20)13-17)14-5-3-2-4-6-14/h2-10,13,16H,11-12H2,1H3/t16-/m1/s1. The summed E-state index contributed by atoms with van der Waals surface area (Å²) in [5.41, 5.74) is 3.46. The fourth-order valence-electron chi connectivity index (χ4n) is 2.86. The van der Waals surface area contributed by atoms with E-state index in [2.05, 4.69) is 12.1 Å². The molecular weight excluding hydrogens is 260 g/mol. The first-order valence-corrected chi connectivity index (χ1v) is 7.19. The van der Waals surface area contributed by atoms with Gasteiger partial charge in [0, 0.05) is 6.42 Å². The van der Waals surface area contributed by atoms with E-state index in [-0.39, 0.29) is 11.7 Å². The van der Waals surface area contributed by atoms with Gasteiger partial charge in [-0.2, -0.15) is 0 Å². The molecule has 106 valence electrons. The van der Waals surface area contributed by atoms with Crippen molar-refractivity contribution in [3.8, 4) is 5.75 Å². The summed E-state index contributed by atoms with van der Waals surface area (Å²) in [7, 11) is 1.66. The fraction of sp³-hybridized carbons (Fsp3) is 0.211. The van der Waals surface area contributed by atoms with Crippen molar-refractivity contribution < 1.29 is 9.53 Å². The van der Waals surface area contributed by atoms with E-state index in [9.17, 15) is 4.79 Å². The molecule has 1 aliphatic carbocycles. The number of carbonyl (C=O) groups excluding carboxylic acids is 1. The molecule has 0 aliphatic heterocycles. The summed E-state index contributed by atoms with van der Waals surface area (Å²) in [4.78, 5) is 12.1. The Balaban J connectivity index is 1.86. The van der Waals surface area contributed by atoms with Crippen LogP contribution in [0.4, 0.5) is 0 Å². The van der Waals surface area contributed by atoms with E-state index in [1.165, 1.54) is 5.56 Å². The summed E-state index contributed by atoms with van der Waals surface area (Å²) < 4.78 is 5.18. The van der Waals surface area contributed by atoms with Crippen LogP contribution in [0.25, 0.3) is 5.57 Å². The van der Waals surface area contributed by atoms with Crippen LogP contribution < -0.4 is 4.74 Å². The van der Waals surface area contributed by atoms with Crippen molar-refractivity contribution in [2.45, 2.75) is 18.8 Å². The number of ether oxygens (including phenoxy) is 1. The van der Waals surface area contributed by atoms with Gasteiger partial charge in [-0.25, -0.2) is 0 Å². The second-order valence-corrected chi connectivity index (χ2v) is 5.38. The van der Waals surface area contributed by atoms with Crippen molar-refractivity contribution in [1.82, 2.24) is 0 Å². The Morgan fingerprint density at radius 2 is 1.67 bits per heavy atom. The van der Waals surface area contributed by atoms with Gasteiger partial charge in [0.05, 0.1) is 7.11 Å². The Labute approximate surface area is 125 Å². The summed E-state index contributed by atoms with van der Waals surface area (Å²) in [6.07, 6.45) is 3.30. The molecule has 0 N–H and O–H groups in total. The summed E-state index contributed by atoms with van der Waals surface area (Å²) in [6.45, 7) is 0. The van der Waals surface area contributed by atoms with Gasteiger partial charge in [-0.05, 0) is 47.2 Å². The number of benzene rings is 2. The molecule has 1 aliphatic rings. The number of ketones is 1. The molecule has 0 aromatic heterocycles. The maximum absolute atomic E-state index is 12.1. The zero-order valence-electron chi connectivity index (χ0n) is 12.1. The first-order valence-electron chi connectivity index (χ1n) is 7.19. The van der Waals surface area contributed by atoms with E-state index in [4.69, 9.17) is 4.74 Å². The van der Waals surface area contributed by atoms with E-state index >= 15 is 0 Å². The molecule has 2 aromatic rings. The zero-order chi connectivity index (χ0) is 14.7. The van der Waals surface area contributed by atoms with E-state index in [1.807, 2.05) is 42.5 Å². The van der Waals surface area contributed by atoms with Crippen LogP contribution in [0.2, 0.25) is 0 Å². The highest BCUT2D eigenvalue weighted by atomic mass is 16.5. The van der Waals surface area contributed by atoms with Crippen LogP contribution in [-0.2, 0) is 4.79 Å². The number of carbonyl (C=O) groups is 1. The number of hydrogen-bond donors (Lipinski definition) is 0. The minimum Gasteiger partial charge on any atom is -0.497 e. The van der Waals surface area contributed by atoms with Gasteiger partial charge in [0.1, 0.15) is 5.75 Å². The van der Waals surface area contributed by atoms with Crippen LogP contribution >= 0.6 is 0 Å². The second-order valence-electron chi connectivity index (χ2n) is 5.38. The van der Waals surface area contributed by atoms with Gasteiger partial charge >= 0.3 is 0 Å². The fourth-order valence-corrected chi connectivity index (χ4v) is 2.86. The smallest absolute Gasteiger partial charge is 0.156 e. The normalized spacial score (nSPS) is 18.2. The maximum atomic E-state index is 12.1. The number of allylic oxidation sites excluding steroid dienone is 2. The molecule has 2 nitrogen and oxygen atoms in total. The minimum atomic E-state index is 0.209. The first kappa shape index (κ1) is 13.6. The van der Waals surface area contributed by atoms with E-state index < -0.39 is 0 Å². The highest BCUT2D eigenvalue weighted by Crippen LogP contribution is 2.36. The van der Waals surface area contributed by atoms with E-state index in [0.717, 1.165) is 23.3 Å². The molecule has 21 heavy (non-hydrogen) atoms. The molecule has 0 bridgehead atoms. The van der Waals surface area contributed by atoms with Crippen molar-refractivity contribution in [2.24, 2.45) is 0 Å². The van der Waals surface area contributed by atoms with Gasteiger partial charge in [0.2, 0.25) is 0 Å². The molecule has 2 aromatic carbocycles. The molecule has 3 rings (SSSR count). The van der Waals surface area contributed by atoms with Gasteiger partial charge in [-0.1, -0.05) is 42.5 Å². The predicted molar refractivity (Wildman–Crippen MR) is 84.4 cm³/mol. The molecule has 0 spiro atoms. The van der Waals surface area contributed by atoms with Crippen molar-refractivity contribution >= 4 is 11.4 Å². The lowest BCUT2D eigenvalue weighted by Crippen LogP contribution is -2.12. The monoisotopic (exact) mass is 278 g/mol. The topological polar surface area (TPSA) is 26.3 Å². The molecule has 0 saturated heterocycles. The summed E-state index contributed by atoms with van der Waals surface area (Å²) in [5.74, 6) is 1.32. The number of hydrogen-bond acceptors (Lipinski definition) is 2. The van der Waals surface area contributed by atoms with Crippen molar-refractivity contribution in [3.05, 3.63) is 71.8 Å². The molecule has 0 radical (unpaired) electrons. The molecule has 0 saturated carbocycles. The SMILES string of the molecule is COc1ccc(C2=CC(=O)C[C@H](c3ccccc3)C2)cc1. The second kappa shape index (κ2) is 5.96. The molecule has 0 unspecified atom stereocenters. The predicted octanol–water partition coefficient (Wildman–Crippen LogP) is 4.23. The van der Waals surface area contributed by atoms with Crippen LogP contribution in [0, 0.1) is 0 Å². The van der Waals surface area contributed by atoms with Crippen LogP contribution in [0.5, 0.6) is 5.75 Å². The highest BCUT2D eigenvalue weighted by Gasteiger charge is 2.22.